The number of nitrogens with zero attached hydrogens (tertiary/aromatic N) is 1. The van der Waals surface area contributed by atoms with Crippen LogP contribution in [0.1, 0.15) is 11.1 Å². The molecule has 8 heteroatoms. The molecule has 1 radical (unpaired) electrons. The van der Waals surface area contributed by atoms with Crippen molar-refractivity contribution in [2.45, 2.75) is 12.4 Å². The number of pyridine rings is 1. The van der Waals surface area contributed by atoms with Gasteiger partial charge in [-0.25, -0.2) is 4.98 Å². The van der Waals surface area contributed by atoms with Gasteiger partial charge in [-0.2, -0.15) is 26.3 Å². The molecule has 0 fully saturated rings. The van der Waals surface area contributed by atoms with E-state index in [9.17, 15) is 26.3 Å². The lowest BCUT2D eigenvalue weighted by Gasteiger charge is -2.18. The Kier molecular flexibility index (Phi) is 3.80. The van der Waals surface area contributed by atoms with E-state index in [1.54, 1.807) is 0 Å². The highest BCUT2D eigenvalue weighted by Gasteiger charge is 2.45. The fourth-order valence-corrected chi connectivity index (χ4v) is 1.63. The fraction of sp³-hybridized carbons (Fsp3) is 0.154. The summed E-state index contributed by atoms with van der Waals surface area (Å²) in [6.07, 6.45) is -8.07. The van der Waals surface area contributed by atoms with Crippen LogP contribution in [0.25, 0.3) is 0 Å². The molecule has 0 atom stereocenters. The highest BCUT2D eigenvalue weighted by atomic mass is 19.4. The summed E-state index contributed by atoms with van der Waals surface area (Å²) in [6.45, 7) is 0. The molecular weight excluding hydrogens is 300 g/mol. The molecule has 2 nitrogen and oxygen atoms in total. The molecule has 0 saturated heterocycles. The maximum Gasteiger partial charge on any atom is 0.420 e. The van der Waals surface area contributed by atoms with Gasteiger partial charge in [-0.15, -0.1) is 0 Å². The Morgan fingerprint density at radius 3 is 2.14 bits per heavy atom. The zero-order chi connectivity index (χ0) is 15.7. The summed E-state index contributed by atoms with van der Waals surface area (Å²) >= 11 is 0. The third-order valence-electron chi connectivity index (χ3n) is 2.41. The van der Waals surface area contributed by atoms with Crippen molar-refractivity contribution in [3.8, 4) is 11.6 Å². The Morgan fingerprint density at radius 1 is 0.905 bits per heavy atom. The zero-order valence-corrected chi connectivity index (χ0v) is 10.1. The predicted molar refractivity (Wildman–Crippen MR) is 59.6 cm³/mol. The second-order valence-electron chi connectivity index (χ2n) is 3.88. The van der Waals surface area contributed by atoms with Crippen molar-refractivity contribution in [1.82, 2.24) is 4.98 Å². The molecule has 1 heterocycles. The predicted octanol–water partition coefficient (Wildman–Crippen LogP) is 4.71. The number of hydrogen-bond acceptors (Lipinski definition) is 2. The van der Waals surface area contributed by atoms with Gasteiger partial charge in [0.25, 0.3) is 0 Å². The maximum atomic E-state index is 12.9. The second-order valence-corrected chi connectivity index (χ2v) is 3.88. The van der Waals surface area contributed by atoms with Crippen molar-refractivity contribution in [3.63, 3.8) is 0 Å². The van der Waals surface area contributed by atoms with Crippen molar-refractivity contribution in [1.29, 1.82) is 0 Å². The first-order valence-corrected chi connectivity index (χ1v) is 5.48. The number of benzene rings is 1. The Morgan fingerprint density at radius 2 is 1.62 bits per heavy atom. The first kappa shape index (κ1) is 15.1. The van der Waals surface area contributed by atoms with E-state index in [0.717, 1.165) is 12.1 Å². The highest BCUT2D eigenvalue weighted by molar-refractivity contribution is 5.45. The van der Waals surface area contributed by atoms with Crippen LogP contribution >= 0.6 is 0 Å². The lowest BCUT2D eigenvalue weighted by atomic mass is 10.1. The van der Waals surface area contributed by atoms with Crippen LogP contribution in [0.4, 0.5) is 26.3 Å². The van der Waals surface area contributed by atoms with Crippen molar-refractivity contribution >= 4 is 0 Å². The number of ether oxygens (including phenoxy) is 1. The number of alkyl halides is 6. The van der Waals surface area contributed by atoms with E-state index in [1.165, 1.54) is 18.2 Å². The molecular formula is C13H6F6NO. The molecule has 111 valence electrons. The monoisotopic (exact) mass is 306 g/mol. The van der Waals surface area contributed by atoms with Gasteiger partial charge in [0.1, 0.15) is 11.3 Å². The van der Waals surface area contributed by atoms with Crippen LogP contribution in [-0.2, 0) is 12.4 Å². The first-order chi connectivity index (χ1) is 9.69. The normalized spacial score (nSPS) is 12.3. The minimum atomic E-state index is -5.22. The molecule has 21 heavy (non-hydrogen) atoms. The van der Waals surface area contributed by atoms with Gasteiger partial charge in [-0.05, 0) is 18.2 Å². The van der Waals surface area contributed by atoms with Crippen molar-refractivity contribution in [3.05, 3.63) is 53.7 Å². The summed E-state index contributed by atoms with van der Waals surface area (Å²) < 4.78 is 81.8. The molecule has 2 aromatic rings. The third-order valence-corrected chi connectivity index (χ3v) is 2.41. The molecule has 0 aliphatic heterocycles. The minimum absolute atomic E-state index is 0.290. The zero-order valence-electron chi connectivity index (χ0n) is 10.1. The average molecular weight is 306 g/mol. The van der Waals surface area contributed by atoms with Gasteiger partial charge >= 0.3 is 12.4 Å². The molecule has 0 bridgehead atoms. The van der Waals surface area contributed by atoms with E-state index in [1.807, 2.05) is 0 Å². The maximum absolute atomic E-state index is 12.9. The standard InChI is InChI=1S/C13H6F6NO/c14-12(15,16)8-4-3-5-9(11(8)13(17,18)19)21-10-6-1-2-7-20-10/h1-6H. The summed E-state index contributed by atoms with van der Waals surface area (Å²) in [6, 6.07) is 5.93. The summed E-state index contributed by atoms with van der Waals surface area (Å²) in [5, 5.41) is 0. The van der Waals surface area contributed by atoms with E-state index in [2.05, 4.69) is 11.2 Å². The number of rotatable bonds is 2. The lowest BCUT2D eigenvalue weighted by molar-refractivity contribution is -0.162. The van der Waals surface area contributed by atoms with Crippen LogP contribution in [0.5, 0.6) is 11.6 Å². The molecule has 0 saturated carbocycles. The molecule has 0 aliphatic carbocycles. The van der Waals surface area contributed by atoms with Crippen LogP contribution in [0.2, 0.25) is 0 Å². The van der Waals surface area contributed by atoms with E-state index in [-0.39, 0.29) is 5.88 Å². The molecule has 0 spiro atoms. The molecule has 0 amide bonds. The van der Waals surface area contributed by atoms with Gasteiger partial charge in [-0.1, -0.05) is 12.1 Å². The number of halogens is 6. The molecule has 0 unspecified atom stereocenters. The van der Waals surface area contributed by atoms with Gasteiger partial charge < -0.3 is 4.74 Å². The van der Waals surface area contributed by atoms with Gasteiger partial charge in [-0.3, -0.25) is 0 Å². The van der Waals surface area contributed by atoms with Gasteiger partial charge in [0, 0.05) is 6.07 Å². The SMILES string of the molecule is FC(F)(F)c1cccc(Oc2ccc[c]n2)c1C(F)(F)F. The first-order valence-electron chi connectivity index (χ1n) is 5.48. The summed E-state index contributed by atoms with van der Waals surface area (Å²) in [5.41, 5.74) is -3.70. The smallest absolute Gasteiger partial charge is 0.420 e. The van der Waals surface area contributed by atoms with E-state index in [4.69, 9.17) is 4.74 Å². The Balaban J connectivity index is 2.56. The third kappa shape index (κ3) is 3.45. The summed E-state index contributed by atoms with van der Waals surface area (Å²) in [5.74, 6) is -1.26. The lowest BCUT2D eigenvalue weighted by Crippen LogP contribution is -2.17. The summed E-state index contributed by atoms with van der Waals surface area (Å²) in [7, 11) is 0. The topological polar surface area (TPSA) is 22.1 Å². The molecule has 0 aliphatic rings. The van der Waals surface area contributed by atoms with Crippen molar-refractivity contribution < 1.29 is 31.1 Å². The number of aromatic nitrogens is 1. The highest BCUT2D eigenvalue weighted by Crippen LogP contribution is 2.45. The van der Waals surface area contributed by atoms with E-state index >= 15 is 0 Å². The van der Waals surface area contributed by atoms with Gasteiger partial charge in [0.2, 0.25) is 5.88 Å². The Hall–Kier alpha value is -2.25. The number of hydrogen-bond donors (Lipinski definition) is 0. The largest absolute Gasteiger partial charge is 0.438 e. The summed E-state index contributed by atoms with van der Waals surface area (Å²) in [4.78, 5) is 3.49. The Bertz CT molecular complexity index is 621. The fourth-order valence-electron chi connectivity index (χ4n) is 1.63. The molecule has 1 aromatic heterocycles. The molecule has 0 N–H and O–H groups in total. The van der Waals surface area contributed by atoms with Crippen LogP contribution in [0, 0.1) is 6.20 Å². The van der Waals surface area contributed by atoms with Crippen LogP contribution in [0.3, 0.4) is 0 Å². The minimum Gasteiger partial charge on any atom is -0.438 e. The quantitative estimate of drug-likeness (QED) is 0.750. The van der Waals surface area contributed by atoms with E-state index < -0.39 is 29.2 Å². The van der Waals surface area contributed by atoms with Gasteiger partial charge in [0.15, 0.2) is 0 Å². The van der Waals surface area contributed by atoms with Crippen LogP contribution < -0.4 is 4.74 Å². The molecule has 2 rings (SSSR count). The van der Waals surface area contributed by atoms with Crippen LogP contribution in [-0.4, -0.2) is 4.98 Å². The van der Waals surface area contributed by atoms with Gasteiger partial charge in [0.05, 0.1) is 11.8 Å². The van der Waals surface area contributed by atoms with E-state index in [0.29, 0.717) is 6.07 Å². The van der Waals surface area contributed by atoms with Crippen LogP contribution in [0.15, 0.2) is 36.4 Å². The Labute approximate surface area is 115 Å². The van der Waals surface area contributed by atoms with Crippen molar-refractivity contribution in [2.75, 3.05) is 0 Å². The molecule has 1 aromatic carbocycles. The average Bonchev–Trinajstić information content (AvgIpc) is 2.37. The van der Waals surface area contributed by atoms with Crippen molar-refractivity contribution in [2.24, 2.45) is 0 Å². The second kappa shape index (κ2) is 5.27.